The zero-order chi connectivity index (χ0) is 17.8. The number of nitrogens with zero attached hydrogens (tertiary/aromatic N) is 4. The Morgan fingerprint density at radius 2 is 2.08 bits per heavy atom. The number of rotatable bonds is 5. The Bertz CT molecular complexity index is 747. The summed E-state index contributed by atoms with van der Waals surface area (Å²) in [4.78, 5) is 25.6. The van der Waals surface area contributed by atoms with Crippen molar-refractivity contribution in [1.29, 1.82) is 0 Å². The van der Waals surface area contributed by atoms with Crippen molar-refractivity contribution in [2.45, 2.75) is 18.9 Å². The number of amides is 2. The van der Waals surface area contributed by atoms with Gasteiger partial charge in [-0.3, -0.25) is 9.59 Å². The highest BCUT2D eigenvalue weighted by atomic mass is 16.2. The fraction of sp³-hybridized carbons (Fsp3) is 0.412. The van der Waals surface area contributed by atoms with Crippen LogP contribution in [-0.2, 0) is 11.2 Å². The van der Waals surface area contributed by atoms with Crippen LogP contribution in [0.1, 0.15) is 28.5 Å². The first-order chi connectivity index (χ1) is 12.0. The molecule has 0 radical (unpaired) electrons. The van der Waals surface area contributed by atoms with Crippen LogP contribution in [0.15, 0.2) is 30.5 Å². The molecule has 0 bridgehead atoms. The van der Waals surface area contributed by atoms with Crippen LogP contribution in [-0.4, -0.2) is 58.9 Å². The molecule has 1 atom stereocenters. The lowest BCUT2D eigenvalue weighted by molar-refractivity contribution is -0.127. The Kier molecular flexibility index (Phi) is 5.08. The summed E-state index contributed by atoms with van der Waals surface area (Å²) in [5, 5.41) is 14.1. The van der Waals surface area contributed by atoms with Gasteiger partial charge in [-0.05, 0) is 30.7 Å². The molecular formula is C17H22N6O2. The summed E-state index contributed by atoms with van der Waals surface area (Å²) in [7, 11) is 3.46. The van der Waals surface area contributed by atoms with Crippen LogP contribution in [0.3, 0.4) is 0 Å². The minimum Gasteiger partial charge on any atom is -0.349 e. The molecule has 2 aromatic rings. The topological polar surface area (TPSA) is 92.2 Å². The quantitative estimate of drug-likeness (QED) is 0.834. The van der Waals surface area contributed by atoms with Crippen molar-refractivity contribution < 1.29 is 9.59 Å². The fourth-order valence-corrected chi connectivity index (χ4v) is 2.66. The number of carbonyl (C=O) groups is 2. The Balaban J connectivity index is 1.60. The third kappa shape index (κ3) is 4.21. The first-order valence-corrected chi connectivity index (χ1v) is 8.26. The Labute approximate surface area is 146 Å². The molecule has 3 rings (SSSR count). The molecule has 25 heavy (non-hydrogen) atoms. The molecule has 1 aromatic carbocycles. The summed E-state index contributed by atoms with van der Waals surface area (Å²) in [5.41, 5.74) is 1.85. The Morgan fingerprint density at radius 1 is 1.32 bits per heavy atom. The van der Waals surface area contributed by atoms with E-state index >= 15 is 0 Å². The maximum Gasteiger partial charge on any atom is 0.277 e. The number of likely N-dealkylation sites (N-methyl/N-ethyl adjacent to an activating group) is 1. The van der Waals surface area contributed by atoms with Gasteiger partial charge in [-0.2, -0.15) is 0 Å². The van der Waals surface area contributed by atoms with Gasteiger partial charge in [-0.15, -0.1) is 5.10 Å². The molecule has 2 heterocycles. The number of nitrogens with one attached hydrogen (secondary N) is 2. The van der Waals surface area contributed by atoms with Gasteiger partial charge in [0.25, 0.3) is 5.91 Å². The predicted molar refractivity (Wildman–Crippen MR) is 93.3 cm³/mol. The van der Waals surface area contributed by atoms with Gasteiger partial charge in [0.05, 0.1) is 18.7 Å². The van der Waals surface area contributed by atoms with Crippen molar-refractivity contribution in [2.24, 2.45) is 0 Å². The zero-order valence-corrected chi connectivity index (χ0v) is 14.4. The van der Waals surface area contributed by atoms with Gasteiger partial charge >= 0.3 is 0 Å². The largest absolute Gasteiger partial charge is 0.349 e. The standard InChI is InChI=1S/C17H22N6O2/c1-22(2)16(24)9-12-3-5-13(6-4-12)19-17(25)15-11-23(21-20-15)14-7-8-18-10-14/h3-6,11,14,18H,7-10H2,1-2H3,(H,19,25). The van der Waals surface area contributed by atoms with E-state index in [0.717, 1.165) is 25.1 Å². The molecule has 8 nitrogen and oxygen atoms in total. The fourth-order valence-electron chi connectivity index (χ4n) is 2.66. The number of hydrogen-bond acceptors (Lipinski definition) is 5. The minimum absolute atomic E-state index is 0.0369. The highest BCUT2D eigenvalue weighted by Crippen LogP contribution is 2.15. The van der Waals surface area contributed by atoms with Crippen molar-refractivity contribution in [3.8, 4) is 0 Å². The Hall–Kier alpha value is -2.74. The second kappa shape index (κ2) is 7.43. The van der Waals surface area contributed by atoms with E-state index in [0.29, 0.717) is 17.8 Å². The van der Waals surface area contributed by atoms with E-state index in [1.807, 2.05) is 12.1 Å². The maximum absolute atomic E-state index is 12.3. The van der Waals surface area contributed by atoms with Gasteiger partial charge in [0.1, 0.15) is 0 Å². The molecule has 1 aliphatic rings. The van der Waals surface area contributed by atoms with Gasteiger partial charge in [0.15, 0.2) is 5.69 Å². The molecular weight excluding hydrogens is 320 g/mol. The van der Waals surface area contributed by atoms with Crippen LogP contribution < -0.4 is 10.6 Å². The maximum atomic E-state index is 12.3. The molecule has 8 heteroatoms. The molecule has 132 valence electrons. The molecule has 1 saturated heterocycles. The van der Waals surface area contributed by atoms with E-state index in [-0.39, 0.29) is 17.9 Å². The van der Waals surface area contributed by atoms with Gasteiger partial charge in [0.2, 0.25) is 5.91 Å². The van der Waals surface area contributed by atoms with E-state index in [1.54, 1.807) is 42.0 Å². The van der Waals surface area contributed by atoms with Crippen LogP contribution in [0.2, 0.25) is 0 Å². The number of aromatic nitrogens is 3. The molecule has 1 aromatic heterocycles. The molecule has 0 spiro atoms. The van der Waals surface area contributed by atoms with Crippen LogP contribution in [0.25, 0.3) is 0 Å². The van der Waals surface area contributed by atoms with Crippen molar-refractivity contribution in [3.63, 3.8) is 0 Å². The average Bonchev–Trinajstić information content (AvgIpc) is 3.27. The zero-order valence-electron chi connectivity index (χ0n) is 14.4. The molecule has 1 aliphatic heterocycles. The SMILES string of the molecule is CN(C)C(=O)Cc1ccc(NC(=O)c2cn(C3CCNC3)nn2)cc1. The minimum atomic E-state index is -0.297. The van der Waals surface area contributed by atoms with Crippen molar-refractivity contribution >= 4 is 17.5 Å². The summed E-state index contributed by atoms with van der Waals surface area (Å²) in [6.45, 7) is 1.80. The average molecular weight is 342 g/mol. The van der Waals surface area contributed by atoms with Crippen LogP contribution in [0, 0.1) is 0 Å². The van der Waals surface area contributed by atoms with Crippen LogP contribution >= 0.6 is 0 Å². The van der Waals surface area contributed by atoms with Crippen molar-refractivity contribution in [3.05, 3.63) is 41.7 Å². The summed E-state index contributed by atoms with van der Waals surface area (Å²) < 4.78 is 1.74. The van der Waals surface area contributed by atoms with Crippen LogP contribution in [0.5, 0.6) is 0 Å². The molecule has 0 aliphatic carbocycles. The molecule has 1 fully saturated rings. The normalized spacial score (nSPS) is 16.6. The first kappa shape index (κ1) is 17.1. The lowest BCUT2D eigenvalue weighted by Crippen LogP contribution is -2.23. The summed E-state index contributed by atoms with van der Waals surface area (Å²) >= 11 is 0. The summed E-state index contributed by atoms with van der Waals surface area (Å²) in [6, 6.07) is 7.47. The molecule has 1 unspecified atom stereocenters. The molecule has 0 saturated carbocycles. The highest BCUT2D eigenvalue weighted by molar-refractivity contribution is 6.02. The van der Waals surface area contributed by atoms with E-state index in [1.165, 1.54) is 0 Å². The van der Waals surface area contributed by atoms with Gasteiger partial charge in [0, 0.05) is 26.3 Å². The third-order valence-electron chi connectivity index (χ3n) is 4.22. The monoisotopic (exact) mass is 342 g/mol. The number of anilines is 1. The second-order valence-electron chi connectivity index (χ2n) is 6.35. The molecule has 2 amide bonds. The van der Waals surface area contributed by atoms with Gasteiger partial charge in [-0.25, -0.2) is 4.68 Å². The van der Waals surface area contributed by atoms with Gasteiger partial charge < -0.3 is 15.5 Å². The number of hydrogen-bond donors (Lipinski definition) is 2. The summed E-state index contributed by atoms with van der Waals surface area (Å²) in [6.07, 6.45) is 3.00. The summed E-state index contributed by atoms with van der Waals surface area (Å²) in [5.74, 6) is -0.260. The lowest BCUT2D eigenvalue weighted by atomic mass is 10.1. The van der Waals surface area contributed by atoms with E-state index in [9.17, 15) is 9.59 Å². The second-order valence-corrected chi connectivity index (χ2v) is 6.35. The predicted octanol–water partition coefficient (Wildman–Crippen LogP) is 0.695. The number of carbonyl (C=O) groups excluding carboxylic acids is 2. The highest BCUT2D eigenvalue weighted by Gasteiger charge is 2.19. The third-order valence-corrected chi connectivity index (χ3v) is 4.22. The first-order valence-electron chi connectivity index (χ1n) is 8.26. The van der Waals surface area contributed by atoms with E-state index in [4.69, 9.17) is 0 Å². The Morgan fingerprint density at radius 3 is 2.72 bits per heavy atom. The smallest absolute Gasteiger partial charge is 0.277 e. The van der Waals surface area contributed by atoms with E-state index < -0.39 is 0 Å². The molecule has 2 N–H and O–H groups in total. The van der Waals surface area contributed by atoms with E-state index in [2.05, 4.69) is 20.9 Å². The van der Waals surface area contributed by atoms with Gasteiger partial charge in [-0.1, -0.05) is 17.3 Å². The number of benzene rings is 1. The van der Waals surface area contributed by atoms with Crippen LogP contribution in [0.4, 0.5) is 5.69 Å². The van der Waals surface area contributed by atoms with Crippen molar-refractivity contribution in [2.75, 3.05) is 32.5 Å². The van der Waals surface area contributed by atoms with Crippen molar-refractivity contribution in [1.82, 2.24) is 25.2 Å². The lowest BCUT2D eigenvalue weighted by Gasteiger charge is -2.10.